The van der Waals surface area contributed by atoms with Gasteiger partial charge in [-0.25, -0.2) is 9.59 Å². The molecule has 46 heavy (non-hydrogen) atoms. The van der Waals surface area contributed by atoms with Crippen molar-refractivity contribution in [2.75, 3.05) is 14.1 Å². The molecule has 0 saturated carbocycles. The van der Waals surface area contributed by atoms with Crippen LogP contribution < -0.4 is 0 Å². The summed E-state index contributed by atoms with van der Waals surface area (Å²) in [6.07, 6.45) is 2.72. The second-order valence-corrected chi connectivity index (χ2v) is 13.8. The van der Waals surface area contributed by atoms with Crippen LogP contribution >= 0.6 is 0 Å². The number of carbonyl (C=O) groups excluding carboxylic acids is 4. The van der Waals surface area contributed by atoms with Gasteiger partial charge in [-0.3, -0.25) is 18.7 Å². The van der Waals surface area contributed by atoms with Crippen LogP contribution in [-0.4, -0.2) is 80.3 Å². The molecular weight excluding hydrogens is 584 g/mol. The topological polar surface area (TPSA) is 103 Å². The van der Waals surface area contributed by atoms with Gasteiger partial charge in [0, 0.05) is 50.3 Å². The number of ether oxygens (including phenoxy) is 2. The number of rotatable bonds is 5. The van der Waals surface area contributed by atoms with Crippen LogP contribution in [-0.2, 0) is 31.9 Å². The van der Waals surface area contributed by atoms with E-state index in [0.717, 1.165) is 5.56 Å². The molecule has 2 amide bonds. The van der Waals surface area contributed by atoms with E-state index >= 15 is 0 Å². The molecule has 3 heterocycles. The number of nitrogens with zero attached hydrogens (tertiary/aromatic N) is 4. The van der Waals surface area contributed by atoms with Gasteiger partial charge in [0.1, 0.15) is 23.3 Å². The Bertz CT molecular complexity index is 1790. The van der Waals surface area contributed by atoms with Gasteiger partial charge in [0.2, 0.25) is 11.8 Å². The van der Waals surface area contributed by atoms with Crippen molar-refractivity contribution in [3.05, 3.63) is 84.2 Å². The average Bonchev–Trinajstić information content (AvgIpc) is 3.61. The van der Waals surface area contributed by atoms with Gasteiger partial charge in [0.25, 0.3) is 0 Å². The summed E-state index contributed by atoms with van der Waals surface area (Å²) in [5, 5.41) is 0.666. The SMILES string of the molecule is CN1C(=O)[C@H](Cc2ccccc2)N(C)C(=O)C1Cc1cn(C(=O)OC(C)(C)C)c2cccc(-c3cccn3C(=O)OC(C)(C)C)c12. The van der Waals surface area contributed by atoms with Crippen LogP contribution in [0.25, 0.3) is 22.2 Å². The number of likely N-dealkylation sites (N-methyl/N-ethyl adjacent to an activating group) is 2. The van der Waals surface area contributed by atoms with Gasteiger partial charge >= 0.3 is 12.2 Å². The van der Waals surface area contributed by atoms with Gasteiger partial charge < -0.3 is 19.3 Å². The highest BCUT2D eigenvalue weighted by Crippen LogP contribution is 2.35. The average molecular weight is 627 g/mol. The molecule has 1 aliphatic rings. The van der Waals surface area contributed by atoms with E-state index in [9.17, 15) is 19.2 Å². The van der Waals surface area contributed by atoms with Gasteiger partial charge in [-0.15, -0.1) is 0 Å². The number of piperazine rings is 1. The lowest BCUT2D eigenvalue weighted by molar-refractivity contribution is -0.158. The maximum atomic E-state index is 13.9. The van der Waals surface area contributed by atoms with Crippen LogP contribution in [0.15, 0.2) is 73.1 Å². The van der Waals surface area contributed by atoms with Gasteiger partial charge in [0.05, 0.1) is 11.2 Å². The summed E-state index contributed by atoms with van der Waals surface area (Å²) in [6.45, 7) is 10.8. The maximum Gasteiger partial charge on any atom is 0.419 e. The summed E-state index contributed by atoms with van der Waals surface area (Å²) < 4.78 is 14.3. The molecule has 0 N–H and O–H groups in total. The summed E-state index contributed by atoms with van der Waals surface area (Å²) >= 11 is 0. The van der Waals surface area contributed by atoms with Crippen molar-refractivity contribution in [3.8, 4) is 11.3 Å². The van der Waals surface area contributed by atoms with E-state index in [0.29, 0.717) is 34.1 Å². The van der Waals surface area contributed by atoms with Crippen LogP contribution in [0.4, 0.5) is 9.59 Å². The first-order chi connectivity index (χ1) is 21.6. The van der Waals surface area contributed by atoms with E-state index in [2.05, 4.69) is 0 Å². The van der Waals surface area contributed by atoms with Gasteiger partial charge in [-0.05, 0) is 70.9 Å². The Kier molecular flexibility index (Phi) is 8.59. The lowest BCUT2D eigenvalue weighted by atomic mass is 9.94. The Morgan fingerprint density at radius 2 is 1.26 bits per heavy atom. The van der Waals surface area contributed by atoms with Crippen LogP contribution in [0.3, 0.4) is 0 Å². The predicted octanol–water partition coefficient (Wildman–Crippen LogP) is 6.13. The highest BCUT2D eigenvalue weighted by atomic mass is 16.6. The van der Waals surface area contributed by atoms with Gasteiger partial charge in [-0.1, -0.05) is 42.5 Å². The van der Waals surface area contributed by atoms with Crippen LogP contribution in [0.1, 0.15) is 52.7 Å². The molecule has 0 spiro atoms. The summed E-state index contributed by atoms with van der Waals surface area (Å²) in [6, 6.07) is 17.2. The van der Waals surface area contributed by atoms with Gasteiger partial charge in [-0.2, -0.15) is 0 Å². The molecule has 1 unspecified atom stereocenters. The monoisotopic (exact) mass is 626 g/mol. The van der Waals surface area contributed by atoms with Crippen LogP contribution in [0.5, 0.6) is 0 Å². The molecule has 242 valence electrons. The zero-order chi connectivity index (χ0) is 33.6. The van der Waals surface area contributed by atoms with Crippen molar-refractivity contribution in [2.24, 2.45) is 0 Å². The van der Waals surface area contributed by atoms with E-state index in [1.165, 1.54) is 18.9 Å². The molecule has 2 atom stereocenters. The zero-order valence-corrected chi connectivity index (χ0v) is 27.7. The smallest absolute Gasteiger partial charge is 0.419 e. The van der Waals surface area contributed by atoms with E-state index < -0.39 is 35.5 Å². The quantitative estimate of drug-likeness (QED) is 0.264. The van der Waals surface area contributed by atoms with E-state index in [1.807, 2.05) is 36.4 Å². The Hall–Kier alpha value is -4.86. The second kappa shape index (κ2) is 12.2. The molecular formula is C36H42N4O6. The highest BCUT2D eigenvalue weighted by Gasteiger charge is 2.43. The second-order valence-electron chi connectivity index (χ2n) is 13.8. The Morgan fingerprint density at radius 1 is 0.696 bits per heavy atom. The summed E-state index contributed by atoms with van der Waals surface area (Å²) in [4.78, 5) is 57.3. The lowest BCUT2D eigenvalue weighted by Gasteiger charge is -2.42. The number of hydrogen-bond donors (Lipinski definition) is 0. The van der Waals surface area contributed by atoms with Crippen molar-refractivity contribution < 1.29 is 28.7 Å². The summed E-state index contributed by atoms with van der Waals surface area (Å²) in [5.74, 6) is -0.360. The van der Waals surface area contributed by atoms with Crippen molar-refractivity contribution in [2.45, 2.75) is 77.7 Å². The fourth-order valence-corrected chi connectivity index (χ4v) is 5.87. The maximum absolute atomic E-state index is 13.9. The van der Waals surface area contributed by atoms with Crippen molar-refractivity contribution in [1.29, 1.82) is 0 Å². The minimum Gasteiger partial charge on any atom is -0.443 e. The molecule has 1 aliphatic heterocycles. The Balaban J connectivity index is 1.59. The Morgan fingerprint density at radius 3 is 1.85 bits per heavy atom. The largest absolute Gasteiger partial charge is 0.443 e. The van der Waals surface area contributed by atoms with Crippen LogP contribution in [0, 0.1) is 0 Å². The van der Waals surface area contributed by atoms with Crippen molar-refractivity contribution in [1.82, 2.24) is 18.9 Å². The molecule has 0 radical (unpaired) electrons. The molecule has 4 aromatic rings. The first-order valence-corrected chi connectivity index (χ1v) is 15.4. The normalized spacial score (nSPS) is 17.5. The third-order valence-corrected chi connectivity index (χ3v) is 8.00. The minimum atomic E-state index is -0.812. The first-order valence-electron chi connectivity index (χ1n) is 15.4. The molecule has 10 heteroatoms. The number of fused-ring (bicyclic) bond motifs is 1. The van der Waals surface area contributed by atoms with E-state index in [4.69, 9.17) is 9.47 Å². The lowest BCUT2D eigenvalue weighted by Crippen LogP contribution is -2.63. The van der Waals surface area contributed by atoms with Gasteiger partial charge in [0.15, 0.2) is 0 Å². The fraction of sp³-hybridized carbons (Fsp3) is 0.389. The zero-order valence-electron chi connectivity index (χ0n) is 27.7. The molecule has 1 fully saturated rings. The molecule has 1 saturated heterocycles. The standard InChI is InChI=1S/C36H42N4O6/c1-35(2,3)45-33(43)39-19-13-18-26(39)25-16-12-17-27-30(25)24(22-40(27)34(44)46-36(4,5)6)21-29-32(42)37(7)28(31(41)38(29)8)20-23-14-10-9-11-15-23/h9-19,22,28-29H,20-21H2,1-8H3/t28-,29?/m0/s1. The molecule has 10 nitrogen and oxygen atoms in total. The number of amides is 2. The van der Waals surface area contributed by atoms with E-state index in [1.54, 1.807) is 92.3 Å². The Labute approximate surface area is 269 Å². The third-order valence-electron chi connectivity index (χ3n) is 8.00. The van der Waals surface area contributed by atoms with E-state index in [-0.39, 0.29) is 18.2 Å². The number of hydrogen-bond acceptors (Lipinski definition) is 6. The predicted molar refractivity (Wildman–Crippen MR) is 176 cm³/mol. The molecule has 0 aliphatic carbocycles. The first kappa shape index (κ1) is 32.5. The summed E-state index contributed by atoms with van der Waals surface area (Å²) in [5.41, 5.74) is 1.93. The van der Waals surface area contributed by atoms with Crippen molar-refractivity contribution >= 4 is 34.9 Å². The molecule has 2 aromatic heterocycles. The van der Waals surface area contributed by atoms with Crippen LogP contribution in [0.2, 0.25) is 0 Å². The third kappa shape index (κ3) is 6.56. The highest BCUT2D eigenvalue weighted by molar-refractivity contribution is 6.03. The molecule has 0 bridgehead atoms. The number of benzene rings is 2. The van der Waals surface area contributed by atoms with Crippen molar-refractivity contribution in [3.63, 3.8) is 0 Å². The number of aromatic nitrogens is 2. The molecule has 5 rings (SSSR count). The molecule has 2 aromatic carbocycles. The fourth-order valence-electron chi connectivity index (χ4n) is 5.87. The summed E-state index contributed by atoms with van der Waals surface area (Å²) in [7, 11) is 3.31. The minimum absolute atomic E-state index is 0.139. The number of carbonyl (C=O) groups is 4.